The van der Waals surface area contributed by atoms with Crippen molar-refractivity contribution in [1.29, 1.82) is 0 Å². The van der Waals surface area contributed by atoms with Crippen molar-refractivity contribution in [2.45, 2.75) is 39.2 Å². The number of nitrogens with zero attached hydrogens (tertiary/aromatic N) is 2. The van der Waals surface area contributed by atoms with Crippen LogP contribution >= 0.6 is 11.3 Å². The van der Waals surface area contributed by atoms with Crippen LogP contribution in [0.2, 0.25) is 0 Å². The van der Waals surface area contributed by atoms with E-state index in [4.69, 9.17) is 0 Å². The van der Waals surface area contributed by atoms with E-state index in [9.17, 15) is 4.39 Å². The van der Waals surface area contributed by atoms with Crippen LogP contribution in [0.3, 0.4) is 0 Å². The van der Waals surface area contributed by atoms with Crippen molar-refractivity contribution < 1.29 is 4.39 Å². The molecule has 2 heterocycles. The minimum atomic E-state index is -0.422. The van der Waals surface area contributed by atoms with Gasteiger partial charge in [0.15, 0.2) is 11.6 Å². The van der Waals surface area contributed by atoms with Crippen molar-refractivity contribution in [3.05, 3.63) is 34.4 Å². The van der Waals surface area contributed by atoms with Crippen molar-refractivity contribution in [3.8, 4) is 0 Å². The molecule has 1 atom stereocenters. The van der Waals surface area contributed by atoms with E-state index in [1.165, 1.54) is 11.1 Å². The summed E-state index contributed by atoms with van der Waals surface area (Å²) >= 11 is 1.67. The quantitative estimate of drug-likeness (QED) is 0.756. The first-order valence-electron chi connectivity index (χ1n) is 7.31. The molecule has 6 heteroatoms. The third-order valence-electron chi connectivity index (χ3n) is 3.05. The summed E-state index contributed by atoms with van der Waals surface area (Å²) < 4.78 is 13.9. The number of nitrogens with one attached hydrogen (secondary N) is 2. The Kier molecular flexibility index (Phi) is 5.92. The van der Waals surface area contributed by atoms with Crippen molar-refractivity contribution in [1.82, 2.24) is 9.97 Å². The van der Waals surface area contributed by atoms with Gasteiger partial charge in [-0.1, -0.05) is 26.3 Å². The first kappa shape index (κ1) is 15.7. The van der Waals surface area contributed by atoms with Gasteiger partial charge in [-0.15, -0.1) is 11.3 Å². The standard InChI is InChI=1S/C15H21FN4S/c1-3-6-12(13-7-5-9-21-13)19-14-11(16)10-18-15(20-14)17-8-4-2/h5,7,9-10,12H,3-4,6,8H2,1-2H3,(H2,17,18,19,20). The van der Waals surface area contributed by atoms with E-state index in [2.05, 4.69) is 40.5 Å². The lowest BCUT2D eigenvalue weighted by Gasteiger charge is -2.18. The maximum Gasteiger partial charge on any atom is 0.224 e. The van der Waals surface area contributed by atoms with Gasteiger partial charge in [-0.3, -0.25) is 0 Å². The van der Waals surface area contributed by atoms with Crippen LogP contribution < -0.4 is 10.6 Å². The predicted molar refractivity (Wildman–Crippen MR) is 86.4 cm³/mol. The lowest BCUT2D eigenvalue weighted by molar-refractivity contribution is 0.606. The van der Waals surface area contributed by atoms with Gasteiger partial charge in [0, 0.05) is 11.4 Å². The first-order chi connectivity index (χ1) is 10.2. The van der Waals surface area contributed by atoms with Crippen molar-refractivity contribution in [2.24, 2.45) is 0 Å². The molecule has 0 aliphatic rings. The highest BCUT2D eigenvalue weighted by Crippen LogP contribution is 2.27. The van der Waals surface area contributed by atoms with Crippen LogP contribution in [0, 0.1) is 5.82 Å². The fraction of sp³-hybridized carbons (Fsp3) is 0.467. The van der Waals surface area contributed by atoms with Crippen LogP contribution in [0.5, 0.6) is 0 Å². The Labute approximate surface area is 128 Å². The molecule has 21 heavy (non-hydrogen) atoms. The predicted octanol–water partition coefficient (Wildman–Crippen LogP) is 4.45. The monoisotopic (exact) mass is 308 g/mol. The molecule has 0 aliphatic carbocycles. The van der Waals surface area contributed by atoms with Gasteiger partial charge in [0.25, 0.3) is 0 Å². The summed E-state index contributed by atoms with van der Waals surface area (Å²) in [4.78, 5) is 9.39. The zero-order chi connectivity index (χ0) is 15.1. The largest absolute Gasteiger partial charge is 0.360 e. The Hall–Kier alpha value is -1.69. The number of anilines is 2. The second-order valence-corrected chi connectivity index (χ2v) is 5.80. The summed E-state index contributed by atoms with van der Waals surface area (Å²) in [6.07, 6.45) is 4.13. The molecular formula is C15H21FN4S. The Bertz CT molecular complexity index is 545. The molecule has 4 nitrogen and oxygen atoms in total. The number of aromatic nitrogens is 2. The maximum absolute atomic E-state index is 13.9. The van der Waals surface area contributed by atoms with Crippen molar-refractivity contribution in [2.75, 3.05) is 17.2 Å². The molecule has 114 valence electrons. The highest BCUT2D eigenvalue weighted by Gasteiger charge is 2.15. The van der Waals surface area contributed by atoms with Crippen LogP contribution in [0.15, 0.2) is 23.7 Å². The number of hydrogen-bond acceptors (Lipinski definition) is 5. The van der Waals surface area contributed by atoms with E-state index < -0.39 is 5.82 Å². The molecule has 2 aromatic rings. The van der Waals surface area contributed by atoms with Crippen LogP contribution in [-0.2, 0) is 0 Å². The molecule has 0 aliphatic heterocycles. The Morgan fingerprint density at radius 2 is 2.19 bits per heavy atom. The molecule has 0 fully saturated rings. The summed E-state index contributed by atoms with van der Waals surface area (Å²) in [6.45, 7) is 4.95. The number of halogens is 1. The second-order valence-electron chi connectivity index (χ2n) is 4.82. The maximum atomic E-state index is 13.9. The molecule has 2 N–H and O–H groups in total. The summed E-state index contributed by atoms with van der Waals surface area (Å²) in [6, 6.07) is 4.15. The summed E-state index contributed by atoms with van der Waals surface area (Å²) in [5.41, 5.74) is 0. The van der Waals surface area contributed by atoms with Gasteiger partial charge in [-0.2, -0.15) is 4.98 Å². The third kappa shape index (κ3) is 4.39. The fourth-order valence-electron chi connectivity index (χ4n) is 2.02. The molecule has 2 aromatic heterocycles. The van der Waals surface area contributed by atoms with E-state index in [-0.39, 0.29) is 11.9 Å². The van der Waals surface area contributed by atoms with Crippen molar-refractivity contribution >= 4 is 23.1 Å². The van der Waals surface area contributed by atoms with E-state index in [1.807, 2.05) is 11.4 Å². The summed E-state index contributed by atoms with van der Waals surface area (Å²) in [7, 11) is 0. The van der Waals surface area contributed by atoms with E-state index in [0.29, 0.717) is 5.95 Å². The molecule has 0 radical (unpaired) electrons. The highest BCUT2D eigenvalue weighted by atomic mass is 32.1. The van der Waals surface area contributed by atoms with Crippen LogP contribution in [0.25, 0.3) is 0 Å². The zero-order valence-electron chi connectivity index (χ0n) is 12.4. The van der Waals surface area contributed by atoms with Gasteiger partial charge in [-0.25, -0.2) is 9.37 Å². The van der Waals surface area contributed by atoms with Gasteiger partial charge in [0.05, 0.1) is 12.2 Å². The van der Waals surface area contributed by atoms with Gasteiger partial charge >= 0.3 is 0 Å². The lowest BCUT2D eigenvalue weighted by Crippen LogP contribution is -2.13. The zero-order valence-corrected chi connectivity index (χ0v) is 13.2. The molecule has 2 rings (SSSR count). The van der Waals surface area contributed by atoms with E-state index in [1.54, 1.807) is 11.3 Å². The topological polar surface area (TPSA) is 49.8 Å². The Morgan fingerprint density at radius 1 is 1.33 bits per heavy atom. The average Bonchev–Trinajstić information content (AvgIpc) is 3.01. The number of hydrogen-bond donors (Lipinski definition) is 2. The van der Waals surface area contributed by atoms with Crippen molar-refractivity contribution in [3.63, 3.8) is 0 Å². The van der Waals surface area contributed by atoms with Gasteiger partial charge < -0.3 is 10.6 Å². The van der Waals surface area contributed by atoms with Gasteiger partial charge in [0.1, 0.15) is 0 Å². The average molecular weight is 308 g/mol. The smallest absolute Gasteiger partial charge is 0.224 e. The second kappa shape index (κ2) is 7.93. The van der Waals surface area contributed by atoms with Crippen LogP contribution in [0.1, 0.15) is 44.0 Å². The molecule has 0 aromatic carbocycles. The summed E-state index contributed by atoms with van der Waals surface area (Å²) in [5.74, 6) is 0.298. The molecule has 0 amide bonds. The number of rotatable bonds is 8. The van der Waals surface area contributed by atoms with E-state index >= 15 is 0 Å². The Morgan fingerprint density at radius 3 is 2.86 bits per heavy atom. The molecule has 1 unspecified atom stereocenters. The fourth-order valence-corrected chi connectivity index (χ4v) is 2.83. The van der Waals surface area contributed by atoms with Crippen LogP contribution in [0.4, 0.5) is 16.2 Å². The van der Waals surface area contributed by atoms with Gasteiger partial charge in [-0.05, 0) is 24.3 Å². The molecule has 0 saturated carbocycles. The van der Waals surface area contributed by atoms with E-state index in [0.717, 1.165) is 25.8 Å². The minimum Gasteiger partial charge on any atom is -0.360 e. The normalized spacial score (nSPS) is 12.1. The minimum absolute atomic E-state index is 0.0819. The molecule has 0 bridgehead atoms. The SMILES string of the molecule is CCCNc1ncc(F)c(NC(CCC)c2cccs2)n1. The first-order valence-corrected chi connectivity index (χ1v) is 8.18. The third-order valence-corrected chi connectivity index (χ3v) is 4.04. The molecule has 0 saturated heterocycles. The molecular weight excluding hydrogens is 287 g/mol. The summed E-state index contributed by atoms with van der Waals surface area (Å²) in [5, 5.41) is 8.32. The Balaban J connectivity index is 2.15. The molecule has 0 spiro atoms. The highest BCUT2D eigenvalue weighted by molar-refractivity contribution is 7.10. The van der Waals surface area contributed by atoms with Crippen LogP contribution in [-0.4, -0.2) is 16.5 Å². The van der Waals surface area contributed by atoms with Gasteiger partial charge in [0.2, 0.25) is 5.95 Å². The lowest BCUT2D eigenvalue weighted by atomic mass is 10.1. The number of thiophene rings is 1.